The number of likely N-dealkylation sites (tertiary alicyclic amines) is 1. The van der Waals surface area contributed by atoms with Crippen LogP contribution in [0, 0.1) is 12.7 Å². The number of amides is 3. The maximum atomic E-state index is 14.2. The van der Waals surface area contributed by atoms with E-state index in [9.17, 15) is 18.8 Å². The summed E-state index contributed by atoms with van der Waals surface area (Å²) >= 11 is 0. The molecule has 0 atom stereocenters. The maximum Gasteiger partial charge on any atom is 0.320 e. The van der Waals surface area contributed by atoms with Crippen LogP contribution in [-0.2, 0) is 0 Å². The van der Waals surface area contributed by atoms with E-state index in [4.69, 9.17) is 0 Å². The lowest BCUT2D eigenvalue weighted by Crippen LogP contribution is -2.55. The summed E-state index contributed by atoms with van der Waals surface area (Å²) in [5.74, 6) is -0.995. The summed E-state index contributed by atoms with van der Waals surface area (Å²) in [6.45, 7) is 4.67. The average molecular weight is 427 g/mol. The van der Waals surface area contributed by atoms with Crippen molar-refractivity contribution in [2.45, 2.75) is 26.2 Å². The van der Waals surface area contributed by atoms with Gasteiger partial charge in [0.2, 0.25) is 5.43 Å². The molecule has 1 aromatic carbocycles. The van der Waals surface area contributed by atoms with Gasteiger partial charge in [-0.3, -0.25) is 9.59 Å². The summed E-state index contributed by atoms with van der Waals surface area (Å²) in [5, 5.41) is 4.19. The number of hydrogen-bond acceptors (Lipinski definition) is 4. The standard InChI is InChI=1S/C22H26FN5O3/c1-16-15-19(29)20(24-28(16)18-8-4-3-7-17(18)23)21(30)25-11-13-27(14-12-25)22(31)26-9-5-2-6-10-26/h3-4,7-8,15H,2,5-6,9-14H2,1H3. The lowest BCUT2D eigenvalue weighted by atomic mass is 10.1. The fourth-order valence-electron chi connectivity index (χ4n) is 4.10. The number of piperidine rings is 1. The summed E-state index contributed by atoms with van der Waals surface area (Å²) in [7, 11) is 0. The molecule has 31 heavy (non-hydrogen) atoms. The van der Waals surface area contributed by atoms with Crippen molar-refractivity contribution in [3.05, 3.63) is 57.8 Å². The Balaban J connectivity index is 1.49. The first-order chi connectivity index (χ1) is 15.0. The number of aryl methyl sites for hydroxylation is 1. The average Bonchev–Trinajstić information content (AvgIpc) is 2.80. The molecule has 4 rings (SSSR count). The largest absolute Gasteiger partial charge is 0.334 e. The number of piperazine rings is 1. The van der Waals surface area contributed by atoms with Crippen LogP contribution in [-0.4, -0.2) is 75.7 Å². The minimum absolute atomic E-state index is 0.0159. The zero-order valence-electron chi connectivity index (χ0n) is 17.6. The number of para-hydroxylation sites is 1. The smallest absolute Gasteiger partial charge is 0.320 e. The molecule has 0 radical (unpaired) electrons. The molecule has 2 aliphatic rings. The molecule has 2 aromatic rings. The molecule has 2 saturated heterocycles. The highest BCUT2D eigenvalue weighted by molar-refractivity contribution is 5.92. The van der Waals surface area contributed by atoms with Crippen molar-refractivity contribution in [3.8, 4) is 5.69 Å². The molecule has 0 spiro atoms. The monoisotopic (exact) mass is 427 g/mol. The van der Waals surface area contributed by atoms with Gasteiger partial charge in [-0.05, 0) is 38.3 Å². The fraction of sp³-hybridized carbons (Fsp3) is 0.455. The van der Waals surface area contributed by atoms with Gasteiger partial charge in [-0.1, -0.05) is 12.1 Å². The molecule has 9 heteroatoms. The number of carbonyl (C=O) groups excluding carboxylic acids is 2. The van der Waals surface area contributed by atoms with Crippen molar-refractivity contribution in [2.24, 2.45) is 0 Å². The highest BCUT2D eigenvalue weighted by atomic mass is 19.1. The van der Waals surface area contributed by atoms with Crippen molar-refractivity contribution >= 4 is 11.9 Å². The Bertz CT molecular complexity index is 1040. The lowest BCUT2D eigenvalue weighted by Gasteiger charge is -2.38. The van der Waals surface area contributed by atoms with E-state index in [-0.39, 0.29) is 17.4 Å². The second-order valence-corrected chi connectivity index (χ2v) is 7.97. The minimum atomic E-state index is -0.500. The first-order valence-electron chi connectivity index (χ1n) is 10.6. The Morgan fingerprint density at radius 2 is 1.52 bits per heavy atom. The number of urea groups is 1. The van der Waals surface area contributed by atoms with Gasteiger partial charge in [0.1, 0.15) is 11.5 Å². The molecule has 2 aliphatic heterocycles. The Morgan fingerprint density at radius 1 is 0.903 bits per heavy atom. The number of benzene rings is 1. The normalized spacial score (nSPS) is 17.0. The molecule has 0 bridgehead atoms. The summed E-state index contributed by atoms with van der Waals surface area (Å²) in [6, 6.07) is 7.38. The van der Waals surface area contributed by atoms with E-state index in [0.717, 1.165) is 32.4 Å². The van der Waals surface area contributed by atoms with Gasteiger partial charge in [-0.15, -0.1) is 0 Å². The van der Waals surface area contributed by atoms with Gasteiger partial charge in [-0.25, -0.2) is 13.9 Å². The zero-order chi connectivity index (χ0) is 22.0. The van der Waals surface area contributed by atoms with Crippen LogP contribution in [0.1, 0.15) is 35.4 Å². The topological polar surface area (TPSA) is 78.8 Å². The number of carbonyl (C=O) groups is 2. The van der Waals surface area contributed by atoms with Gasteiger partial charge in [-0.2, -0.15) is 5.10 Å². The second kappa shape index (κ2) is 8.87. The first-order valence-corrected chi connectivity index (χ1v) is 10.6. The Hall–Kier alpha value is -3.23. The van der Waals surface area contributed by atoms with Gasteiger partial charge >= 0.3 is 6.03 Å². The van der Waals surface area contributed by atoms with Crippen LogP contribution in [0.4, 0.5) is 9.18 Å². The molecule has 0 saturated carbocycles. The van der Waals surface area contributed by atoms with Crippen LogP contribution >= 0.6 is 0 Å². The Kier molecular flexibility index (Phi) is 6.01. The highest BCUT2D eigenvalue weighted by Crippen LogP contribution is 2.15. The van der Waals surface area contributed by atoms with Crippen LogP contribution < -0.4 is 5.43 Å². The number of aromatic nitrogens is 2. The Labute approximate surface area is 179 Å². The van der Waals surface area contributed by atoms with Crippen molar-refractivity contribution in [2.75, 3.05) is 39.3 Å². The van der Waals surface area contributed by atoms with E-state index in [1.54, 1.807) is 30.0 Å². The van der Waals surface area contributed by atoms with Crippen molar-refractivity contribution < 1.29 is 14.0 Å². The molecule has 0 aliphatic carbocycles. The van der Waals surface area contributed by atoms with E-state index >= 15 is 0 Å². The third-order valence-electron chi connectivity index (χ3n) is 5.85. The maximum absolute atomic E-state index is 14.2. The predicted molar refractivity (Wildman–Crippen MR) is 113 cm³/mol. The van der Waals surface area contributed by atoms with Crippen LogP contribution in [0.2, 0.25) is 0 Å². The lowest BCUT2D eigenvalue weighted by molar-refractivity contribution is 0.0624. The summed E-state index contributed by atoms with van der Waals surface area (Å²) in [4.78, 5) is 43.3. The quantitative estimate of drug-likeness (QED) is 0.735. The molecule has 1 aromatic heterocycles. The summed E-state index contributed by atoms with van der Waals surface area (Å²) < 4.78 is 15.5. The SMILES string of the molecule is Cc1cc(=O)c(C(=O)N2CCN(C(=O)N3CCCCC3)CC2)nn1-c1ccccc1F. The van der Waals surface area contributed by atoms with Crippen molar-refractivity contribution in [1.29, 1.82) is 0 Å². The third kappa shape index (κ3) is 4.30. The first kappa shape index (κ1) is 21.0. The minimum Gasteiger partial charge on any atom is -0.334 e. The van der Waals surface area contributed by atoms with E-state index in [2.05, 4.69) is 5.10 Å². The molecule has 164 valence electrons. The second-order valence-electron chi connectivity index (χ2n) is 7.97. The van der Waals surface area contributed by atoms with E-state index in [1.807, 2.05) is 4.90 Å². The molecule has 8 nitrogen and oxygen atoms in total. The van der Waals surface area contributed by atoms with Gasteiger partial charge in [0.15, 0.2) is 5.69 Å². The van der Waals surface area contributed by atoms with Gasteiger partial charge in [0.25, 0.3) is 5.91 Å². The molecular weight excluding hydrogens is 401 g/mol. The highest BCUT2D eigenvalue weighted by Gasteiger charge is 2.30. The van der Waals surface area contributed by atoms with Gasteiger partial charge < -0.3 is 14.7 Å². The van der Waals surface area contributed by atoms with E-state index in [1.165, 1.54) is 21.7 Å². The molecule has 0 N–H and O–H groups in total. The van der Waals surface area contributed by atoms with Crippen molar-refractivity contribution in [3.63, 3.8) is 0 Å². The number of halogens is 1. The number of nitrogens with zero attached hydrogens (tertiary/aromatic N) is 5. The van der Waals surface area contributed by atoms with Gasteiger partial charge in [0.05, 0.1) is 0 Å². The number of rotatable bonds is 2. The molecular formula is C22H26FN5O3. The Morgan fingerprint density at radius 3 is 2.19 bits per heavy atom. The number of hydrogen-bond donors (Lipinski definition) is 0. The zero-order valence-corrected chi connectivity index (χ0v) is 17.6. The van der Waals surface area contributed by atoms with E-state index in [0.29, 0.717) is 31.9 Å². The summed E-state index contributed by atoms with van der Waals surface area (Å²) in [5.41, 5.74) is -0.138. The summed E-state index contributed by atoms with van der Waals surface area (Å²) in [6.07, 6.45) is 3.20. The molecule has 3 amide bonds. The van der Waals surface area contributed by atoms with Crippen molar-refractivity contribution in [1.82, 2.24) is 24.5 Å². The molecule has 2 fully saturated rings. The van der Waals surface area contributed by atoms with Crippen LogP contribution in [0.25, 0.3) is 5.69 Å². The van der Waals surface area contributed by atoms with Gasteiger partial charge in [0, 0.05) is 51.0 Å². The van der Waals surface area contributed by atoms with Crippen LogP contribution in [0.15, 0.2) is 35.1 Å². The molecule has 3 heterocycles. The molecule has 0 unspecified atom stereocenters. The van der Waals surface area contributed by atoms with Crippen LogP contribution in [0.3, 0.4) is 0 Å². The fourth-order valence-corrected chi connectivity index (χ4v) is 4.10. The third-order valence-corrected chi connectivity index (χ3v) is 5.85. The predicted octanol–water partition coefficient (Wildman–Crippen LogP) is 2.04. The van der Waals surface area contributed by atoms with Crippen LogP contribution in [0.5, 0.6) is 0 Å². The van der Waals surface area contributed by atoms with E-state index < -0.39 is 17.2 Å².